The molecule has 0 aliphatic carbocycles. The Labute approximate surface area is 168 Å². The van der Waals surface area contributed by atoms with Gasteiger partial charge in [-0.3, -0.25) is 9.59 Å². The van der Waals surface area contributed by atoms with Crippen molar-refractivity contribution >= 4 is 11.8 Å². The van der Waals surface area contributed by atoms with Gasteiger partial charge in [-0.15, -0.1) is 10.2 Å². The van der Waals surface area contributed by atoms with Gasteiger partial charge < -0.3 is 19.1 Å². The van der Waals surface area contributed by atoms with Crippen molar-refractivity contribution in [2.45, 2.75) is 56.5 Å². The Morgan fingerprint density at radius 1 is 1.14 bits per heavy atom. The van der Waals surface area contributed by atoms with Crippen molar-refractivity contribution in [3.05, 3.63) is 47.5 Å². The molecule has 4 aliphatic heterocycles. The first-order valence-corrected chi connectivity index (χ1v) is 10.4. The lowest BCUT2D eigenvalue weighted by molar-refractivity contribution is -0.138. The molecular formula is C21H23N5O3. The van der Waals surface area contributed by atoms with E-state index < -0.39 is 5.72 Å². The molecule has 1 spiro atoms. The van der Waals surface area contributed by atoms with Crippen LogP contribution < -0.4 is 0 Å². The van der Waals surface area contributed by atoms with Gasteiger partial charge in [-0.1, -0.05) is 30.3 Å². The second-order valence-corrected chi connectivity index (χ2v) is 8.38. The SMILES string of the molecule is O=C(c1nnc2n1CCCC2)N1CC[C@@]23O[C@H](c4ccccc4)CN2C(=O)C[C@@H]13. The van der Waals surface area contributed by atoms with Crippen LogP contribution in [0.25, 0.3) is 0 Å². The van der Waals surface area contributed by atoms with Gasteiger partial charge >= 0.3 is 0 Å². The van der Waals surface area contributed by atoms with Crippen LogP contribution in [0, 0.1) is 0 Å². The highest BCUT2D eigenvalue weighted by atomic mass is 16.5. The molecule has 0 radical (unpaired) electrons. The van der Waals surface area contributed by atoms with Crippen LogP contribution in [0.4, 0.5) is 0 Å². The number of benzene rings is 1. The van der Waals surface area contributed by atoms with Crippen LogP contribution in [0.2, 0.25) is 0 Å². The summed E-state index contributed by atoms with van der Waals surface area (Å²) in [4.78, 5) is 29.9. The fraction of sp³-hybridized carbons (Fsp3) is 0.524. The van der Waals surface area contributed by atoms with Crippen LogP contribution in [0.1, 0.15) is 53.8 Å². The number of amides is 2. The number of aromatic nitrogens is 3. The molecule has 150 valence electrons. The third-order valence-corrected chi connectivity index (χ3v) is 6.91. The van der Waals surface area contributed by atoms with E-state index in [-0.39, 0.29) is 24.0 Å². The Morgan fingerprint density at radius 3 is 2.86 bits per heavy atom. The molecule has 8 nitrogen and oxygen atoms in total. The standard InChI is InChI=1S/C21H23N5O3/c27-18-12-16-21(26(18)13-15(29-21)14-6-2-1-3-7-14)9-11-24(16)20(28)19-23-22-17-8-4-5-10-25(17)19/h1-3,6-7,15-16H,4-5,8-13H2/t15-,16+,21-/m0/s1. The van der Waals surface area contributed by atoms with E-state index in [1.165, 1.54) is 0 Å². The van der Waals surface area contributed by atoms with Gasteiger partial charge in [0.15, 0.2) is 5.72 Å². The number of nitrogens with zero attached hydrogens (tertiary/aromatic N) is 5. The Hall–Kier alpha value is -2.74. The monoisotopic (exact) mass is 393 g/mol. The van der Waals surface area contributed by atoms with Crippen molar-refractivity contribution in [3.8, 4) is 0 Å². The molecule has 0 bridgehead atoms. The third-order valence-electron chi connectivity index (χ3n) is 6.91. The first-order valence-electron chi connectivity index (χ1n) is 10.4. The molecule has 6 rings (SSSR count). The summed E-state index contributed by atoms with van der Waals surface area (Å²) in [5.41, 5.74) is 0.358. The molecule has 0 N–H and O–H groups in total. The first-order chi connectivity index (χ1) is 14.2. The highest BCUT2D eigenvalue weighted by molar-refractivity contribution is 5.93. The molecule has 0 unspecified atom stereocenters. The van der Waals surface area contributed by atoms with E-state index in [0.717, 1.165) is 37.2 Å². The van der Waals surface area contributed by atoms with Crippen LogP contribution in [0.3, 0.4) is 0 Å². The highest BCUT2D eigenvalue weighted by Gasteiger charge is 2.65. The number of ether oxygens (including phenoxy) is 1. The molecule has 3 atom stereocenters. The Bertz CT molecular complexity index is 989. The molecular weight excluding hydrogens is 370 g/mol. The van der Waals surface area contributed by atoms with Gasteiger partial charge in [0.2, 0.25) is 11.7 Å². The average molecular weight is 393 g/mol. The highest BCUT2D eigenvalue weighted by Crippen LogP contribution is 2.50. The number of hydrogen-bond acceptors (Lipinski definition) is 5. The van der Waals surface area contributed by atoms with Crippen LogP contribution in [-0.2, 0) is 22.5 Å². The fourth-order valence-corrected chi connectivity index (χ4v) is 5.50. The minimum absolute atomic E-state index is 0.0641. The van der Waals surface area contributed by atoms with Gasteiger partial charge in [-0.05, 0) is 18.4 Å². The number of rotatable bonds is 2. The van der Waals surface area contributed by atoms with Gasteiger partial charge in [0.05, 0.1) is 19.0 Å². The molecule has 2 aromatic rings. The zero-order chi connectivity index (χ0) is 19.6. The van der Waals surface area contributed by atoms with E-state index in [9.17, 15) is 9.59 Å². The first kappa shape index (κ1) is 17.1. The summed E-state index contributed by atoms with van der Waals surface area (Å²) in [6.45, 7) is 1.89. The summed E-state index contributed by atoms with van der Waals surface area (Å²) in [7, 11) is 0. The quantitative estimate of drug-likeness (QED) is 0.773. The predicted molar refractivity (Wildman–Crippen MR) is 102 cm³/mol. The minimum Gasteiger partial charge on any atom is -0.343 e. The second-order valence-electron chi connectivity index (χ2n) is 8.38. The van der Waals surface area contributed by atoms with Crippen LogP contribution in [-0.4, -0.2) is 61.2 Å². The maximum Gasteiger partial charge on any atom is 0.292 e. The van der Waals surface area contributed by atoms with Crippen molar-refractivity contribution in [1.82, 2.24) is 24.6 Å². The van der Waals surface area contributed by atoms with Gasteiger partial charge in [0, 0.05) is 25.9 Å². The van der Waals surface area contributed by atoms with E-state index in [1.54, 1.807) is 4.90 Å². The zero-order valence-electron chi connectivity index (χ0n) is 16.2. The number of fused-ring (bicyclic) bond motifs is 1. The summed E-state index contributed by atoms with van der Waals surface area (Å²) in [6, 6.07) is 9.73. The molecule has 1 aromatic heterocycles. The van der Waals surface area contributed by atoms with Crippen molar-refractivity contribution in [2.75, 3.05) is 13.1 Å². The second kappa shape index (κ2) is 6.13. The number of carbonyl (C=O) groups is 2. The van der Waals surface area contributed by atoms with Crippen LogP contribution >= 0.6 is 0 Å². The van der Waals surface area contributed by atoms with Gasteiger partial charge in [-0.25, -0.2) is 0 Å². The van der Waals surface area contributed by atoms with Crippen molar-refractivity contribution in [3.63, 3.8) is 0 Å². The average Bonchev–Trinajstić information content (AvgIpc) is 3.48. The molecule has 3 saturated heterocycles. The van der Waals surface area contributed by atoms with E-state index in [4.69, 9.17) is 4.74 Å². The van der Waals surface area contributed by atoms with Gasteiger partial charge in [0.1, 0.15) is 11.9 Å². The number of carbonyl (C=O) groups excluding carboxylic acids is 2. The fourth-order valence-electron chi connectivity index (χ4n) is 5.50. The maximum absolute atomic E-state index is 13.4. The third kappa shape index (κ3) is 2.35. The molecule has 8 heteroatoms. The molecule has 29 heavy (non-hydrogen) atoms. The summed E-state index contributed by atoms with van der Waals surface area (Å²) in [6.07, 6.45) is 3.78. The zero-order valence-corrected chi connectivity index (χ0v) is 16.2. The maximum atomic E-state index is 13.4. The smallest absolute Gasteiger partial charge is 0.292 e. The van der Waals surface area contributed by atoms with E-state index in [2.05, 4.69) is 10.2 Å². The van der Waals surface area contributed by atoms with Gasteiger partial charge in [0.25, 0.3) is 5.91 Å². The largest absolute Gasteiger partial charge is 0.343 e. The summed E-state index contributed by atoms with van der Waals surface area (Å²) < 4.78 is 8.48. The molecule has 2 amide bonds. The molecule has 4 aliphatic rings. The van der Waals surface area contributed by atoms with Crippen molar-refractivity contribution in [2.24, 2.45) is 0 Å². The molecule has 0 saturated carbocycles. The van der Waals surface area contributed by atoms with Gasteiger partial charge in [-0.2, -0.15) is 0 Å². The van der Waals surface area contributed by atoms with E-state index in [0.29, 0.717) is 31.8 Å². The number of hydrogen-bond donors (Lipinski definition) is 0. The summed E-state index contributed by atoms with van der Waals surface area (Å²) >= 11 is 0. The molecule has 5 heterocycles. The van der Waals surface area contributed by atoms with E-state index >= 15 is 0 Å². The molecule has 1 aromatic carbocycles. The predicted octanol–water partition coefficient (Wildman–Crippen LogP) is 1.53. The topological polar surface area (TPSA) is 80.6 Å². The van der Waals surface area contributed by atoms with Crippen LogP contribution in [0.5, 0.6) is 0 Å². The van der Waals surface area contributed by atoms with E-state index in [1.807, 2.05) is 39.8 Å². The van der Waals surface area contributed by atoms with Crippen LogP contribution in [0.15, 0.2) is 30.3 Å². The normalized spacial score (nSPS) is 30.4. The van der Waals surface area contributed by atoms with Crippen molar-refractivity contribution in [1.29, 1.82) is 0 Å². The lowest BCUT2D eigenvalue weighted by Crippen LogP contribution is -2.49. The minimum atomic E-state index is -0.710. The Kier molecular flexibility index (Phi) is 3.62. The Morgan fingerprint density at radius 2 is 2.00 bits per heavy atom. The Balaban J connectivity index is 1.30. The summed E-state index contributed by atoms with van der Waals surface area (Å²) in [5.74, 6) is 1.22. The van der Waals surface area contributed by atoms with Crippen molar-refractivity contribution < 1.29 is 14.3 Å². The molecule has 3 fully saturated rings. The lowest BCUT2D eigenvalue weighted by Gasteiger charge is -2.31. The number of aryl methyl sites for hydroxylation is 1. The number of likely N-dealkylation sites (tertiary alicyclic amines) is 1. The summed E-state index contributed by atoms with van der Waals surface area (Å²) in [5, 5.41) is 8.43. The lowest BCUT2D eigenvalue weighted by atomic mass is 10.1.